The maximum Gasteiger partial charge on any atom is 0.296 e. The van der Waals surface area contributed by atoms with Crippen LogP contribution in [0.1, 0.15) is 20.8 Å². The van der Waals surface area contributed by atoms with Crippen molar-refractivity contribution in [3.05, 3.63) is 0 Å². The molecular weight excluding hydrogens is 170 g/mol. The quantitative estimate of drug-likeness (QED) is 0.615. The number of carbonyl (C=O) groups excluding carboxylic acids is 1. The van der Waals surface area contributed by atoms with E-state index in [-0.39, 0.29) is 16.7 Å². The number of carbonyl (C=O) groups is 1. The van der Waals surface area contributed by atoms with E-state index in [0.717, 1.165) is 5.75 Å². The number of rotatable bonds is 1. The molecule has 1 aliphatic heterocycles. The van der Waals surface area contributed by atoms with Gasteiger partial charge in [-0.1, -0.05) is 5.92 Å². The van der Waals surface area contributed by atoms with Crippen molar-refractivity contribution in [1.82, 2.24) is 5.32 Å². The lowest BCUT2D eigenvalue weighted by molar-refractivity contribution is -0.116. The van der Waals surface area contributed by atoms with Gasteiger partial charge in [0.1, 0.15) is 0 Å². The largest absolute Gasteiger partial charge is 0.340 e. The Labute approximate surface area is 77.5 Å². The molecule has 3 heteroatoms. The molecule has 0 spiro atoms. The highest BCUT2D eigenvalue weighted by atomic mass is 32.2. The maximum absolute atomic E-state index is 11.0. The van der Waals surface area contributed by atoms with E-state index in [1.807, 2.05) is 11.8 Å². The van der Waals surface area contributed by atoms with Crippen molar-refractivity contribution < 1.29 is 4.79 Å². The normalized spacial score (nSPS) is 24.8. The van der Waals surface area contributed by atoms with E-state index in [4.69, 9.17) is 0 Å². The molecule has 1 atom stereocenters. The van der Waals surface area contributed by atoms with Gasteiger partial charge in [-0.3, -0.25) is 4.79 Å². The van der Waals surface area contributed by atoms with Crippen molar-refractivity contribution in [3.8, 4) is 11.8 Å². The van der Waals surface area contributed by atoms with Gasteiger partial charge in [-0.05, 0) is 26.7 Å². The molecule has 1 aliphatic rings. The minimum Gasteiger partial charge on any atom is -0.340 e. The second-order valence-corrected chi connectivity index (χ2v) is 4.99. The molecule has 1 rings (SSSR count). The van der Waals surface area contributed by atoms with Crippen LogP contribution < -0.4 is 5.32 Å². The van der Waals surface area contributed by atoms with Gasteiger partial charge in [-0.15, -0.1) is 0 Å². The van der Waals surface area contributed by atoms with Crippen LogP contribution in [0.5, 0.6) is 0 Å². The van der Waals surface area contributed by atoms with Gasteiger partial charge in [-0.2, -0.15) is 11.8 Å². The fourth-order valence-electron chi connectivity index (χ4n) is 1.02. The molecular formula is C9H13NOS. The lowest BCUT2D eigenvalue weighted by Gasteiger charge is -2.43. The molecule has 0 aromatic carbocycles. The number of amides is 1. The molecule has 0 radical (unpaired) electrons. The Kier molecular flexibility index (Phi) is 2.69. The molecule has 1 amide bonds. The first-order chi connectivity index (χ1) is 5.56. The van der Waals surface area contributed by atoms with Gasteiger partial charge in [0.2, 0.25) is 0 Å². The standard InChI is InChI=1S/C9H13NOS/c1-4-5-8(11)10-7-6-12-9(7,2)3/h7H,6H2,1-3H3,(H,10,11). The first kappa shape index (κ1) is 9.47. The van der Waals surface area contributed by atoms with E-state index in [1.54, 1.807) is 6.92 Å². The summed E-state index contributed by atoms with van der Waals surface area (Å²) in [7, 11) is 0. The van der Waals surface area contributed by atoms with Gasteiger partial charge in [0.15, 0.2) is 0 Å². The van der Waals surface area contributed by atoms with E-state index in [2.05, 4.69) is 31.0 Å². The van der Waals surface area contributed by atoms with Crippen molar-refractivity contribution in [2.75, 3.05) is 5.75 Å². The fourth-order valence-corrected chi connectivity index (χ4v) is 2.17. The smallest absolute Gasteiger partial charge is 0.296 e. The summed E-state index contributed by atoms with van der Waals surface area (Å²) in [6, 6.07) is 0.288. The summed E-state index contributed by atoms with van der Waals surface area (Å²) in [5.74, 6) is 5.90. The molecule has 1 saturated heterocycles. The zero-order valence-corrected chi connectivity index (χ0v) is 8.42. The topological polar surface area (TPSA) is 29.1 Å². The van der Waals surface area contributed by atoms with Crippen LogP contribution >= 0.6 is 11.8 Å². The molecule has 0 bridgehead atoms. The third kappa shape index (κ3) is 1.95. The number of hydrogen-bond acceptors (Lipinski definition) is 2. The summed E-state index contributed by atoms with van der Waals surface area (Å²) in [5.41, 5.74) is 0. The third-order valence-corrected chi connectivity index (χ3v) is 3.53. The second-order valence-electron chi connectivity index (χ2n) is 3.32. The minimum absolute atomic E-state index is 0.157. The van der Waals surface area contributed by atoms with Crippen LogP contribution in [0.4, 0.5) is 0 Å². The molecule has 1 fully saturated rings. The lowest BCUT2D eigenvalue weighted by Crippen LogP contribution is -2.56. The Morgan fingerprint density at radius 3 is 2.67 bits per heavy atom. The Morgan fingerprint density at radius 2 is 2.33 bits per heavy atom. The van der Waals surface area contributed by atoms with E-state index in [1.165, 1.54) is 0 Å². The summed E-state index contributed by atoms with van der Waals surface area (Å²) in [4.78, 5) is 11.0. The second kappa shape index (κ2) is 3.40. The molecule has 12 heavy (non-hydrogen) atoms. The SMILES string of the molecule is CC#CC(=O)NC1CSC1(C)C. The van der Waals surface area contributed by atoms with E-state index in [9.17, 15) is 4.79 Å². The average molecular weight is 183 g/mol. The Balaban J connectivity index is 2.41. The van der Waals surface area contributed by atoms with Crippen molar-refractivity contribution in [2.24, 2.45) is 0 Å². The summed E-state index contributed by atoms with van der Waals surface area (Å²) in [6.45, 7) is 5.93. The minimum atomic E-state index is -0.157. The van der Waals surface area contributed by atoms with Crippen LogP contribution in [0.2, 0.25) is 0 Å². The van der Waals surface area contributed by atoms with Crippen molar-refractivity contribution in [3.63, 3.8) is 0 Å². The average Bonchev–Trinajstić information content (AvgIpc) is 1.99. The molecule has 1 N–H and O–H groups in total. The molecule has 0 saturated carbocycles. The predicted octanol–water partition coefficient (Wildman–Crippen LogP) is 1.02. The van der Waals surface area contributed by atoms with Gasteiger partial charge >= 0.3 is 0 Å². The number of hydrogen-bond donors (Lipinski definition) is 1. The highest BCUT2D eigenvalue weighted by molar-refractivity contribution is 8.02. The maximum atomic E-state index is 11.0. The summed E-state index contributed by atoms with van der Waals surface area (Å²) in [6.07, 6.45) is 0. The zero-order valence-electron chi connectivity index (χ0n) is 7.60. The van der Waals surface area contributed by atoms with Gasteiger partial charge in [0, 0.05) is 10.5 Å². The first-order valence-corrected chi connectivity index (χ1v) is 4.92. The molecule has 2 nitrogen and oxygen atoms in total. The summed E-state index contributed by atoms with van der Waals surface area (Å²) >= 11 is 1.87. The Hall–Kier alpha value is -0.620. The fraction of sp³-hybridized carbons (Fsp3) is 0.667. The highest BCUT2D eigenvalue weighted by Crippen LogP contribution is 2.39. The molecule has 1 heterocycles. The van der Waals surface area contributed by atoms with Crippen LogP contribution in [0.15, 0.2) is 0 Å². The predicted molar refractivity (Wildman–Crippen MR) is 51.9 cm³/mol. The zero-order chi connectivity index (χ0) is 9.19. The Bertz CT molecular complexity index is 249. The van der Waals surface area contributed by atoms with Gasteiger partial charge in [-0.25, -0.2) is 0 Å². The van der Waals surface area contributed by atoms with Crippen LogP contribution in [0.25, 0.3) is 0 Å². The molecule has 1 unspecified atom stereocenters. The Morgan fingerprint density at radius 1 is 1.67 bits per heavy atom. The van der Waals surface area contributed by atoms with Crippen molar-refractivity contribution in [2.45, 2.75) is 31.6 Å². The van der Waals surface area contributed by atoms with Crippen LogP contribution in [0.3, 0.4) is 0 Å². The van der Waals surface area contributed by atoms with Gasteiger partial charge < -0.3 is 5.32 Å². The van der Waals surface area contributed by atoms with Crippen molar-refractivity contribution in [1.29, 1.82) is 0 Å². The van der Waals surface area contributed by atoms with Crippen LogP contribution in [0, 0.1) is 11.8 Å². The van der Waals surface area contributed by atoms with E-state index in [0.29, 0.717) is 0 Å². The number of thioether (sulfide) groups is 1. The van der Waals surface area contributed by atoms with Crippen LogP contribution in [-0.2, 0) is 4.79 Å². The molecule has 66 valence electrons. The van der Waals surface area contributed by atoms with Gasteiger partial charge in [0.05, 0.1) is 6.04 Å². The summed E-state index contributed by atoms with van der Waals surface area (Å²) in [5, 5.41) is 2.87. The number of nitrogens with one attached hydrogen (secondary N) is 1. The van der Waals surface area contributed by atoms with Crippen molar-refractivity contribution >= 4 is 17.7 Å². The lowest BCUT2D eigenvalue weighted by atomic mass is 10.0. The molecule has 0 aromatic rings. The monoisotopic (exact) mass is 183 g/mol. The molecule has 0 aliphatic carbocycles. The van der Waals surface area contributed by atoms with E-state index < -0.39 is 0 Å². The third-order valence-electron chi connectivity index (χ3n) is 2.01. The first-order valence-electron chi connectivity index (χ1n) is 3.93. The molecule has 0 aromatic heterocycles. The van der Waals surface area contributed by atoms with E-state index >= 15 is 0 Å². The van der Waals surface area contributed by atoms with Gasteiger partial charge in [0.25, 0.3) is 5.91 Å². The summed E-state index contributed by atoms with van der Waals surface area (Å²) < 4.78 is 0.186. The van der Waals surface area contributed by atoms with Crippen LogP contribution in [-0.4, -0.2) is 22.4 Å². The highest BCUT2D eigenvalue weighted by Gasteiger charge is 2.40.